The van der Waals surface area contributed by atoms with Crippen molar-refractivity contribution in [3.8, 4) is 0 Å². The highest BCUT2D eigenvalue weighted by Gasteiger charge is 2.53. The van der Waals surface area contributed by atoms with Gasteiger partial charge in [-0.1, -0.05) is 6.07 Å². The number of rotatable bonds is 2. The molecule has 1 heterocycles. The summed E-state index contributed by atoms with van der Waals surface area (Å²) in [6, 6.07) is 2.97. The minimum absolute atomic E-state index is 0.222. The number of carbonyl (C=O) groups is 1. The molecule has 0 aromatic heterocycles. The zero-order valence-corrected chi connectivity index (χ0v) is 17.9. The molecule has 2 aliphatic rings. The van der Waals surface area contributed by atoms with E-state index < -0.39 is 30.0 Å². The van der Waals surface area contributed by atoms with Crippen molar-refractivity contribution < 1.29 is 23.2 Å². The van der Waals surface area contributed by atoms with Gasteiger partial charge in [0, 0.05) is 5.46 Å². The first-order chi connectivity index (χ1) is 12.8. The summed E-state index contributed by atoms with van der Waals surface area (Å²) >= 11 is 0. The fourth-order valence-electron chi connectivity index (χ4n) is 3.71. The Morgan fingerprint density at radius 1 is 1.21 bits per heavy atom. The van der Waals surface area contributed by atoms with Gasteiger partial charge in [0.25, 0.3) is 0 Å². The maximum absolute atomic E-state index is 14.9. The summed E-state index contributed by atoms with van der Waals surface area (Å²) < 4.78 is 32.5. The second-order valence-electron chi connectivity index (χ2n) is 9.71. The number of ether oxygens (including phenoxy) is 1. The Bertz CT molecular complexity index is 756. The van der Waals surface area contributed by atoms with Gasteiger partial charge in [-0.05, 0) is 84.9 Å². The average Bonchev–Trinajstić information content (AvgIpc) is 2.72. The molecule has 1 aromatic carbocycles. The number of alkyl carbamates (subject to hydrolysis) is 1. The highest BCUT2D eigenvalue weighted by molar-refractivity contribution is 6.62. The quantitative estimate of drug-likeness (QED) is 0.774. The van der Waals surface area contributed by atoms with Crippen molar-refractivity contribution >= 4 is 18.7 Å². The van der Waals surface area contributed by atoms with Gasteiger partial charge < -0.3 is 19.4 Å². The fourth-order valence-corrected chi connectivity index (χ4v) is 3.71. The van der Waals surface area contributed by atoms with Crippen LogP contribution in [0.4, 0.5) is 9.18 Å². The van der Waals surface area contributed by atoms with Gasteiger partial charge in [0.15, 0.2) is 0 Å². The summed E-state index contributed by atoms with van der Waals surface area (Å²) in [6.07, 6.45) is 1.87. The maximum atomic E-state index is 14.9. The third-order valence-electron chi connectivity index (χ3n) is 5.82. The van der Waals surface area contributed by atoms with Crippen molar-refractivity contribution in [3.05, 3.63) is 29.1 Å². The van der Waals surface area contributed by atoms with Gasteiger partial charge in [0.2, 0.25) is 0 Å². The van der Waals surface area contributed by atoms with Crippen LogP contribution in [0.15, 0.2) is 12.1 Å². The van der Waals surface area contributed by atoms with Crippen LogP contribution in [0, 0.1) is 5.82 Å². The summed E-state index contributed by atoms with van der Waals surface area (Å²) in [5.41, 5.74) is 0.560. The van der Waals surface area contributed by atoms with Crippen molar-refractivity contribution in [2.75, 3.05) is 0 Å². The second-order valence-corrected chi connectivity index (χ2v) is 9.71. The largest absolute Gasteiger partial charge is 0.498 e. The average molecular weight is 391 g/mol. The van der Waals surface area contributed by atoms with Crippen molar-refractivity contribution in [1.29, 1.82) is 0 Å². The number of hydrogen-bond donors (Lipinski definition) is 1. The summed E-state index contributed by atoms with van der Waals surface area (Å²) in [4.78, 5) is 12.3. The Hall–Kier alpha value is -1.60. The lowest BCUT2D eigenvalue weighted by Gasteiger charge is -2.32. The smallest absolute Gasteiger partial charge is 0.444 e. The van der Waals surface area contributed by atoms with Gasteiger partial charge >= 0.3 is 13.2 Å². The number of carbonyl (C=O) groups excluding carboxylic acids is 1. The first-order valence-electron chi connectivity index (χ1n) is 9.97. The number of benzene rings is 1. The molecule has 7 heteroatoms. The minimum Gasteiger partial charge on any atom is -0.444 e. The molecule has 3 rings (SSSR count). The predicted molar refractivity (Wildman–Crippen MR) is 107 cm³/mol. The van der Waals surface area contributed by atoms with E-state index in [1.807, 2.05) is 48.5 Å². The van der Waals surface area contributed by atoms with E-state index in [4.69, 9.17) is 14.0 Å². The number of nitrogens with one attached hydrogen (secondary N) is 1. The normalized spacial score (nSPS) is 23.3. The third-order valence-corrected chi connectivity index (χ3v) is 5.82. The Balaban J connectivity index is 1.91. The van der Waals surface area contributed by atoms with Crippen LogP contribution in [0.3, 0.4) is 0 Å². The summed E-state index contributed by atoms with van der Waals surface area (Å²) in [6.45, 7) is 13.3. The van der Waals surface area contributed by atoms with Gasteiger partial charge in [0.05, 0.1) is 17.2 Å². The van der Waals surface area contributed by atoms with Crippen LogP contribution in [0.5, 0.6) is 0 Å². The predicted octanol–water partition coefficient (Wildman–Crippen LogP) is 4.03. The molecule has 5 nitrogen and oxygen atoms in total. The van der Waals surface area contributed by atoms with Crippen LogP contribution < -0.4 is 10.8 Å². The van der Waals surface area contributed by atoms with E-state index in [9.17, 15) is 9.18 Å². The molecule has 1 N–H and O–H groups in total. The topological polar surface area (TPSA) is 56.8 Å². The van der Waals surface area contributed by atoms with Crippen LogP contribution in [0.2, 0.25) is 0 Å². The number of amides is 1. The first-order valence-corrected chi connectivity index (χ1v) is 9.97. The van der Waals surface area contributed by atoms with Gasteiger partial charge in [-0.15, -0.1) is 0 Å². The Morgan fingerprint density at radius 3 is 2.39 bits per heavy atom. The number of hydrogen-bond acceptors (Lipinski definition) is 4. The third kappa shape index (κ3) is 4.06. The summed E-state index contributed by atoms with van der Waals surface area (Å²) in [5, 5.41) is 2.94. The molecule has 1 saturated heterocycles. The summed E-state index contributed by atoms with van der Waals surface area (Å²) in [7, 11) is -0.764. The molecule has 0 bridgehead atoms. The highest BCUT2D eigenvalue weighted by Crippen LogP contribution is 2.38. The molecule has 1 aliphatic carbocycles. The number of halogens is 1. The molecule has 154 valence electrons. The molecule has 0 spiro atoms. The molecule has 1 unspecified atom stereocenters. The fraction of sp³-hybridized carbons (Fsp3) is 0.667. The zero-order valence-electron chi connectivity index (χ0n) is 17.9. The summed E-state index contributed by atoms with van der Waals surface area (Å²) in [5.74, 6) is -0.338. The highest BCUT2D eigenvalue weighted by atomic mass is 19.1. The van der Waals surface area contributed by atoms with Crippen molar-refractivity contribution in [2.24, 2.45) is 0 Å². The van der Waals surface area contributed by atoms with E-state index in [0.717, 1.165) is 30.4 Å². The molecular formula is C21H31BFNO4. The molecule has 1 atom stereocenters. The second kappa shape index (κ2) is 7.03. The van der Waals surface area contributed by atoms with Crippen molar-refractivity contribution in [3.63, 3.8) is 0 Å². The molecule has 1 aliphatic heterocycles. The number of fused-ring (bicyclic) bond motifs is 1. The SMILES string of the molecule is CC(C)(C)OC(=O)NC1CCCc2c1ccc(F)c2B1OC(C)(C)C(C)(C)O1. The lowest BCUT2D eigenvalue weighted by Crippen LogP contribution is -2.42. The molecule has 1 amide bonds. The van der Waals surface area contributed by atoms with E-state index in [2.05, 4.69) is 5.32 Å². The lowest BCUT2D eigenvalue weighted by atomic mass is 9.70. The minimum atomic E-state index is -0.764. The maximum Gasteiger partial charge on any atom is 0.498 e. The molecule has 1 fully saturated rings. The van der Waals surface area contributed by atoms with Crippen LogP contribution >= 0.6 is 0 Å². The van der Waals surface area contributed by atoms with Gasteiger partial charge in [0.1, 0.15) is 11.4 Å². The van der Waals surface area contributed by atoms with Gasteiger partial charge in [-0.3, -0.25) is 0 Å². The van der Waals surface area contributed by atoms with E-state index in [1.165, 1.54) is 6.07 Å². The van der Waals surface area contributed by atoms with E-state index in [-0.39, 0.29) is 11.9 Å². The van der Waals surface area contributed by atoms with E-state index in [1.54, 1.807) is 6.07 Å². The van der Waals surface area contributed by atoms with Crippen LogP contribution in [0.25, 0.3) is 0 Å². The Kier molecular flexibility index (Phi) is 5.30. The monoisotopic (exact) mass is 391 g/mol. The van der Waals surface area contributed by atoms with Crippen LogP contribution in [-0.4, -0.2) is 30.0 Å². The first kappa shape index (κ1) is 21.1. The Morgan fingerprint density at radius 2 is 1.82 bits per heavy atom. The van der Waals surface area contributed by atoms with Gasteiger partial charge in [-0.25, -0.2) is 9.18 Å². The van der Waals surface area contributed by atoms with E-state index >= 15 is 0 Å². The molecular weight excluding hydrogens is 360 g/mol. The standard InChI is InChI=1S/C21H31BFNO4/c1-19(2,3)26-18(25)24-16-10-8-9-14-13(16)11-12-15(23)17(14)22-27-20(4,5)21(6,7)28-22/h11-12,16H,8-10H2,1-7H3,(H,24,25). The molecule has 0 saturated carbocycles. The van der Waals surface area contributed by atoms with Crippen molar-refractivity contribution in [2.45, 2.75) is 90.6 Å². The lowest BCUT2D eigenvalue weighted by molar-refractivity contribution is 0.00578. The van der Waals surface area contributed by atoms with E-state index in [0.29, 0.717) is 5.46 Å². The van der Waals surface area contributed by atoms with Crippen molar-refractivity contribution in [1.82, 2.24) is 5.32 Å². The van der Waals surface area contributed by atoms with Gasteiger partial charge in [-0.2, -0.15) is 0 Å². The molecule has 28 heavy (non-hydrogen) atoms. The Labute approximate surface area is 167 Å². The molecule has 1 aromatic rings. The van der Waals surface area contributed by atoms with Crippen LogP contribution in [0.1, 0.15) is 78.5 Å². The molecule has 0 radical (unpaired) electrons. The zero-order chi connectivity index (χ0) is 20.9. The van der Waals surface area contributed by atoms with Crippen LogP contribution in [-0.2, 0) is 20.5 Å².